The lowest BCUT2D eigenvalue weighted by atomic mass is 9.81. The summed E-state index contributed by atoms with van der Waals surface area (Å²) in [5.74, 6) is 0.735. The number of hydrogen-bond acceptors (Lipinski definition) is 6. The van der Waals surface area contributed by atoms with Crippen molar-refractivity contribution in [2.24, 2.45) is 11.3 Å². The maximum atomic E-state index is 12.7. The van der Waals surface area contributed by atoms with Crippen molar-refractivity contribution in [2.45, 2.75) is 32.8 Å². The largest absolute Gasteiger partial charge is 0.374 e. The van der Waals surface area contributed by atoms with Crippen LogP contribution in [0.4, 0.5) is 0 Å². The maximum absolute atomic E-state index is 12.7. The molecule has 3 heterocycles. The third kappa shape index (κ3) is 3.30. The van der Waals surface area contributed by atoms with E-state index in [1.807, 2.05) is 11.8 Å². The van der Waals surface area contributed by atoms with Crippen molar-refractivity contribution < 1.29 is 9.53 Å². The van der Waals surface area contributed by atoms with Gasteiger partial charge in [-0.3, -0.25) is 4.79 Å². The zero-order valence-electron chi connectivity index (χ0n) is 14.4. The second kappa shape index (κ2) is 6.80. The van der Waals surface area contributed by atoms with Crippen molar-refractivity contribution in [3.63, 3.8) is 0 Å². The molecular weight excluding hydrogens is 336 g/mol. The minimum Gasteiger partial charge on any atom is -0.374 e. The Morgan fingerprint density at radius 1 is 1.44 bits per heavy atom. The van der Waals surface area contributed by atoms with E-state index in [0.717, 1.165) is 30.2 Å². The fraction of sp³-hybridized carbons (Fsp3) is 0.556. The molecule has 1 saturated heterocycles. The van der Waals surface area contributed by atoms with Crippen LogP contribution < -0.4 is 0 Å². The van der Waals surface area contributed by atoms with Crippen molar-refractivity contribution in [2.75, 3.05) is 19.7 Å². The van der Waals surface area contributed by atoms with Gasteiger partial charge in [-0.05, 0) is 31.7 Å². The van der Waals surface area contributed by atoms with Gasteiger partial charge in [0.2, 0.25) is 5.82 Å². The van der Waals surface area contributed by atoms with Crippen molar-refractivity contribution in [3.8, 4) is 0 Å². The Hall–Kier alpha value is -1.86. The molecule has 2 atom stereocenters. The molecule has 2 aliphatic rings. The molecule has 0 bridgehead atoms. The fourth-order valence-corrected chi connectivity index (χ4v) is 4.79. The minimum atomic E-state index is -0.0653. The zero-order valence-corrected chi connectivity index (χ0v) is 15.2. The summed E-state index contributed by atoms with van der Waals surface area (Å²) in [6.45, 7) is 4.77. The van der Waals surface area contributed by atoms with Gasteiger partial charge in [0.25, 0.3) is 5.91 Å². The number of aromatic nitrogens is 3. The predicted molar refractivity (Wildman–Crippen MR) is 94.2 cm³/mol. The lowest BCUT2D eigenvalue weighted by molar-refractivity contribution is 0.0253. The summed E-state index contributed by atoms with van der Waals surface area (Å²) in [6.07, 6.45) is 6.73. The first-order valence-electron chi connectivity index (χ1n) is 8.71. The van der Waals surface area contributed by atoms with Crippen molar-refractivity contribution >= 4 is 17.2 Å². The molecule has 132 valence electrons. The van der Waals surface area contributed by atoms with Gasteiger partial charge in [0.05, 0.1) is 23.9 Å². The van der Waals surface area contributed by atoms with E-state index < -0.39 is 0 Å². The van der Waals surface area contributed by atoms with Gasteiger partial charge in [-0.25, -0.2) is 15.0 Å². The van der Waals surface area contributed by atoms with Gasteiger partial charge in [0.1, 0.15) is 0 Å². The van der Waals surface area contributed by atoms with Crippen LogP contribution in [0.1, 0.15) is 40.6 Å². The van der Waals surface area contributed by atoms with E-state index in [1.165, 1.54) is 12.8 Å². The second-order valence-electron chi connectivity index (χ2n) is 7.06. The highest BCUT2D eigenvalue weighted by Gasteiger charge is 2.51. The Morgan fingerprint density at radius 2 is 2.28 bits per heavy atom. The molecule has 2 fully saturated rings. The Kier molecular flexibility index (Phi) is 4.52. The number of likely N-dealkylation sites (tertiary alicyclic amines) is 1. The molecule has 6 nitrogen and oxygen atoms in total. The molecule has 2 aromatic rings. The first-order valence-corrected chi connectivity index (χ1v) is 9.59. The van der Waals surface area contributed by atoms with E-state index in [2.05, 4.69) is 20.3 Å². The molecule has 2 aromatic heterocycles. The quantitative estimate of drug-likeness (QED) is 0.822. The van der Waals surface area contributed by atoms with E-state index in [0.29, 0.717) is 19.1 Å². The number of nitrogens with zero attached hydrogens (tertiary/aromatic N) is 4. The normalized spacial score (nSPS) is 25.3. The van der Waals surface area contributed by atoms with E-state index in [9.17, 15) is 4.79 Å². The number of hydrogen-bond donors (Lipinski definition) is 0. The Labute approximate surface area is 151 Å². The molecular formula is C18H22N4O2S. The second-order valence-corrected chi connectivity index (χ2v) is 8.12. The monoisotopic (exact) mass is 358 g/mol. The molecule has 1 aliphatic carbocycles. The number of ether oxygens (including phenoxy) is 1. The third-order valence-electron chi connectivity index (χ3n) is 5.39. The number of aryl methyl sites for hydroxylation is 1. The lowest BCUT2D eigenvalue weighted by Crippen LogP contribution is -2.35. The van der Waals surface area contributed by atoms with E-state index in [-0.39, 0.29) is 17.1 Å². The van der Waals surface area contributed by atoms with Crippen LogP contribution in [0.25, 0.3) is 0 Å². The van der Waals surface area contributed by atoms with Crippen LogP contribution >= 0.6 is 11.3 Å². The van der Waals surface area contributed by atoms with Crippen molar-refractivity contribution in [1.82, 2.24) is 19.9 Å². The fourth-order valence-electron chi connectivity index (χ4n) is 4.19. The summed E-state index contributed by atoms with van der Waals surface area (Å²) in [4.78, 5) is 27.2. The van der Waals surface area contributed by atoms with Gasteiger partial charge in [-0.15, -0.1) is 11.3 Å². The summed E-state index contributed by atoms with van der Waals surface area (Å²) in [6, 6.07) is 1.73. The summed E-state index contributed by atoms with van der Waals surface area (Å²) in [5.41, 5.74) is 1.08. The Bertz CT molecular complexity index is 751. The number of fused-ring (bicyclic) bond motifs is 1. The molecule has 25 heavy (non-hydrogen) atoms. The van der Waals surface area contributed by atoms with Crippen molar-refractivity contribution in [1.29, 1.82) is 0 Å². The topological polar surface area (TPSA) is 68.2 Å². The van der Waals surface area contributed by atoms with Crippen LogP contribution in [0.2, 0.25) is 0 Å². The van der Waals surface area contributed by atoms with Gasteiger partial charge in [-0.1, -0.05) is 6.42 Å². The number of carbonyl (C=O) groups excluding carboxylic acids is 1. The first kappa shape index (κ1) is 16.6. The molecule has 0 aromatic carbocycles. The van der Waals surface area contributed by atoms with E-state index in [4.69, 9.17) is 4.74 Å². The molecule has 7 heteroatoms. The lowest BCUT2D eigenvalue weighted by Gasteiger charge is -2.28. The average Bonchev–Trinajstić information content (AvgIpc) is 3.29. The number of amides is 1. The van der Waals surface area contributed by atoms with Crippen LogP contribution in [-0.2, 0) is 11.3 Å². The highest BCUT2D eigenvalue weighted by molar-refractivity contribution is 7.09. The highest BCUT2D eigenvalue weighted by Crippen LogP contribution is 2.49. The molecule has 1 amide bonds. The molecule has 0 unspecified atom stereocenters. The maximum Gasteiger partial charge on any atom is 0.291 e. The average molecular weight is 358 g/mol. The SMILES string of the molecule is Cc1nc(COC[C@@]23CCC[C@@H]2CN(C(=O)c2ncccn2)C3)cs1. The standard InChI is InChI=1S/C18H22N4O2S/c1-13-21-15(10-25-13)9-24-12-18-5-2-4-14(18)8-22(11-18)17(23)16-19-6-3-7-20-16/h3,6-7,10,14H,2,4-5,8-9,11-12H2,1H3/t14-,18+/m1/s1. The Morgan fingerprint density at radius 3 is 3.04 bits per heavy atom. The molecule has 0 radical (unpaired) electrons. The number of thiazole rings is 1. The predicted octanol–water partition coefficient (Wildman–Crippen LogP) is 2.70. The van der Waals surface area contributed by atoms with Gasteiger partial charge in [0.15, 0.2) is 0 Å². The van der Waals surface area contributed by atoms with Gasteiger partial charge >= 0.3 is 0 Å². The molecule has 1 saturated carbocycles. The van der Waals surface area contributed by atoms with Crippen LogP contribution in [0, 0.1) is 18.3 Å². The van der Waals surface area contributed by atoms with E-state index in [1.54, 1.807) is 29.8 Å². The van der Waals surface area contributed by atoms with Crippen LogP contribution in [0.15, 0.2) is 23.8 Å². The molecule has 0 N–H and O–H groups in total. The molecule has 0 spiro atoms. The van der Waals surface area contributed by atoms with Crippen molar-refractivity contribution in [3.05, 3.63) is 40.4 Å². The van der Waals surface area contributed by atoms with Gasteiger partial charge in [0, 0.05) is 36.3 Å². The summed E-state index contributed by atoms with van der Waals surface area (Å²) in [5, 5.41) is 3.12. The molecule has 1 aliphatic heterocycles. The minimum absolute atomic E-state index is 0.0653. The van der Waals surface area contributed by atoms with E-state index >= 15 is 0 Å². The third-order valence-corrected chi connectivity index (χ3v) is 6.21. The summed E-state index contributed by atoms with van der Waals surface area (Å²) in [7, 11) is 0. The van der Waals surface area contributed by atoms with Gasteiger partial charge in [-0.2, -0.15) is 0 Å². The number of carbonyl (C=O) groups is 1. The summed E-state index contributed by atoms with van der Waals surface area (Å²) < 4.78 is 6.03. The zero-order chi connectivity index (χ0) is 17.3. The first-order chi connectivity index (χ1) is 12.2. The highest BCUT2D eigenvalue weighted by atomic mass is 32.1. The van der Waals surface area contributed by atoms with Crippen LogP contribution in [0.5, 0.6) is 0 Å². The summed E-state index contributed by atoms with van der Waals surface area (Å²) >= 11 is 1.65. The van der Waals surface area contributed by atoms with Crippen LogP contribution in [0.3, 0.4) is 0 Å². The van der Waals surface area contributed by atoms with Crippen LogP contribution in [-0.4, -0.2) is 45.5 Å². The Balaban J connectivity index is 1.41. The molecule has 4 rings (SSSR count). The smallest absolute Gasteiger partial charge is 0.291 e. The van der Waals surface area contributed by atoms with Gasteiger partial charge < -0.3 is 9.64 Å². The number of rotatable bonds is 5.